The summed E-state index contributed by atoms with van der Waals surface area (Å²) in [6.45, 7) is 6.75. The van der Waals surface area contributed by atoms with Gasteiger partial charge in [-0.1, -0.05) is 46.5 Å². The Morgan fingerprint density at radius 2 is 1.39 bits per heavy atom. The average Bonchev–Trinajstić information content (AvgIpc) is 2.58. The van der Waals surface area contributed by atoms with E-state index in [0.29, 0.717) is 30.8 Å². The molecule has 0 bridgehead atoms. The highest BCUT2D eigenvalue weighted by Crippen LogP contribution is 2.33. The van der Waals surface area contributed by atoms with Crippen molar-refractivity contribution in [3.8, 4) is 0 Å². The summed E-state index contributed by atoms with van der Waals surface area (Å²) in [5.74, 6) is -0.498. The highest BCUT2D eigenvalue weighted by molar-refractivity contribution is 6.00. The molecule has 1 rings (SSSR count). The van der Waals surface area contributed by atoms with Crippen LogP contribution in [0, 0.1) is 5.92 Å². The van der Waals surface area contributed by atoms with Gasteiger partial charge in [0, 0.05) is 5.57 Å². The average molecular weight is 324 g/mol. The molecule has 4 nitrogen and oxygen atoms in total. The molecule has 132 valence electrons. The van der Waals surface area contributed by atoms with Crippen LogP contribution in [0.5, 0.6) is 0 Å². The summed E-state index contributed by atoms with van der Waals surface area (Å²) in [5, 5.41) is 0. The number of carbonyl (C=O) groups is 2. The third kappa shape index (κ3) is 6.36. The third-order valence-electron chi connectivity index (χ3n) is 4.18. The Labute approximate surface area is 140 Å². The summed E-state index contributed by atoms with van der Waals surface area (Å²) in [5.41, 5.74) is 1.15. The first-order chi connectivity index (χ1) is 11.2. The molecule has 1 fully saturated rings. The van der Waals surface area contributed by atoms with Crippen molar-refractivity contribution in [2.45, 2.75) is 78.6 Å². The normalized spacial score (nSPS) is 16.7. The van der Waals surface area contributed by atoms with Crippen molar-refractivity contribution in [3.05, 3.63) is 11.1 Å². The van der Waals surface area contributed by atoms with Crippen molar-refractivity contribution >= 4 is 11.9 Å². The zero-order valence-electron chi connectivity index (χ0n) is 15.0. The fraction of sp³-hybridized carbons (Fsp3) is 0.789. The zero-order chi connectivity index (χ0) is 17.1. The number of hydrogen-bond donors (Lipinski definition) is 0. The third-order valence-corrected chi connectivity index (χ3v) is 4.18. The van der Waals surface area contributed by atoms with Crippen LogP contribution in [0.2, 0.25) is 0 Å². The second kappa shape index (κ2) is 11.3. The van der Waals surface area contributed by atoms with Crippen LogP contribution < -0.4 is 0 Å². The molecule has 4 heteroatoms. The molecular weight excluding hydrogens is 292 g/mol. The molecule has 0 aromatic carbocycles. The summed E-state index contributed by atoms with van der Waals surface area (Å²) in [7, 11) is 0. The number of esters is 2. The molecule has 0 amide bonds. The number of hydrogen-bond acceptors (Lipinski definition) is 4. The second-order valence-corrected chi connectivity index (χ2v) is 6.25. The Balaban J connectivity index is 3.10. The maximum Gasteiger partial charge on any atom is 0.334 e. The SMILES string of the molecule is CCCOC(=O)/C(CCC)=C(\C(=O)OCCC)C1CCCCC1. The fourth-order valence-corrected chi connectivity index (χ4v) is 3.08. The van der Waals surface area contributed by atoms with E-state index in [-0.39, 0.29) is 17.9 Å². The maximum absolute atomic E-state index is 12.6. The fourth-order valence-electron chi connectivity index (χ4n) is 3.08. The summed E-state index contributed by atoms with van der Waals surface area (Å²) in [6, 6.07) is 0. The van der Waals surface area contributed by atoms with Gasteiger partial charge in [-0.2, -0.15) is 0 Å². The Kier molecular flexibility index (Phi) is 9.65. The molecule has 1 aliphatic rings. The van der Waals surface area contributed by atoms with E-state index in [1.165, 1.54) is 6.42 Å². The summed E-state index contributed by atoms with van der Waals surface area (Å²) < 4.78 is 10.7. The molecule has 1 aliphatic carbocycles. The van der Waals surface area contributed by atoms with Crippen molar-refractivity contribution in [1.82, 2.24) is 0 Å². The van der Waals surface area contributed by atoms with Crippen molar-refractivity contribution in [3.63, 3.8) is 0 Å². The van der Waals surface area contributed by atoms with Gasteiger partial charge in [-0.25, -0.2) is 9.59 Å². The first-order valence-electron chi connectivity index (χ1n) is 9.22. The minimum atomic E-state index is -0.331. The topological polar surface area (TPSA) is 52.6 Å². The molecular formula is C19H32O4. The van der Waals surface area contributed by atoms with E-state index < -0.39 is 0 Å². The van der Waals surface area contributed by atoms with E-state index in [1.54, 1.807) is 0 Å². The van der Waals surface area contributed by atoms with Gasteiger partial charge in [0.2, 0.25) is 0 Å². The van der Waals surface area contributed by atoms with E-state index in [4.69, 9.17) is 9.47 Å². The molecule has 0 saturated heterocycles. The predicted octanol–water partition coefficient (Wildman–Crippen LogP) is 4.57. The van der Waals surface area contributed by atoms with Gasteiger partial charge in [-0.05, 0) is 38.0 Å². The Hall–Kier alpha value is -1.32. The van der Waals surface area contributed by atoms with Gasteiger partial charge in [-0.15, -0.1) is 0 Å². The van der Waals surface area contributed by atoms with Gasteiger partial charge >= 0.3 is 11.9 Å². The molecule has 0 radical (unpaired) electrons. The van der Waals surface area contributed by atoms with Crippen LogP contribution in [-0.2, 0) is 19.1 Å². The van der Waals surface area contributed by atoms with Gasteiger partial charge in [0.15, 0.2) is 0 Å². The van der Waals surface area contributed by atoms with Gasteiger partial charge < -0.3 is 9.47 Å². The van der Waals surface area contributed by atoms with Gasteiger partial charge in [0.1, 0.15) is 0 Å². The van der Waals surface area contributed by atoms with Crippen LogP contribution in [0.4, 0.5) is 0 Å². The Bertz CT molecular complexity index is 406. The Morgan fingerprint density at radius 1 is 0.826 bits per heavy atom. The molecule has 0 N–H and O–H groups in total. The smallest absolute Gasteiger partial charge is 0.334 e. The summed E-state index contributed by atoms with van der Waals surface area (Å²) in [4.78, 5) is 25.1. The van der Waals surface area contributed by atoms with E-state index in [2.05, 4.69) is 0 Å². The van der Waals surface area contributed by atoms with E-state index in [9.17, 15) is 9.59 Å². The van der Waals surface area contributed by atoms with Crippen LogP contribution in [0.25, 0.3) is 0 Å². The quantitative estimate of drug-likeness (QED) is 0.460. The largest absolute Gasteiger partial charge is 0.462 e. The lowest BCUT2D eigenvalue weighted by Gasteiger charge is -2.25. The second-order valence-electron chi connectivity index (χ2n) is 6.25. The molecule has 0 heterocycles. The van der Waals surface area contributed by atoms with Gasteiger partial charge in [0.25, 0.3) is 0 Å². The number of ether oxygens (including phenoxy) is 2. The molecule has 0 spiro atoms. The first kappa shape index (κ1) is 19.7. The lowest BCUT2D eigenvalue weighted by Crippen LogP contribution is -2.24. The van der Waals surface area contributed by atoms with Crippen LogP contribution in [0.3, 0.4) is 0 Å². The molecule has 0 atom stereocenters. The minimum Gasteiger partial charge on any atom is -0.462 e. The summed E-state index contributed by atoms with van der Waals surface area (Å²) >= 11 is 0. The Morgan fingerprint density at radius 3 is 1.91 bits per heavy atom. The van der Waals surface area contributed by atoms with Crippen LogP contribution >= 0.6 is 0 Å². The lowest BCUT2D eigenvalue weighted by atomic mass is 9.81. The number of rotatable bonds is 9. The molecule has 23 heavy (non-hydrogen) atoms. The van der Waals surface area contributed by atoms with Crippen molar-refractivity contribution in [2.24, 2.45) is 5.92 Å². The van der Waals surface area contributed by atoms with Gasteiger partial charge in [-0.3, -0.25) is 0 Å². The summed E-state index contributed by atoms with van der Waals surface area (Å²) in [6.07, 6.45) is 8.31. The maximum atomic E-state index is 12.6. The first-order valence-corrected chi connectivity index (χ1v) is 9.22. The monoisotopic (exact) mass is 324 g/mol. The highest BCUT2D eigenvalue weighted by Gasteiger charge is 2.30. The lowest BCUT2D eigenvalue weighted by molar-refractivity contribution is -0.143. The van der Waals surface area contributed by atoms with Crippen molar-refractivity contribution < 1.29 is 19.1 Å². The van der Waals surface area contributed by atoms with E-state index in [1.807, 2.05) is 20.8 Å². The van der Waals surface area contributed by atoms with Gasteiger partial charge in [0.05, 0.1) is 18.8 Å². The highest BCUT2D eigenvalue weighted by atomic mass is 16.5. The van der Waals surface area contributed by atoms with Crippen LogP contribution in [0.1, 0.15) is 78.6 Å². The molecule has 0 aliphatic heterocycles. The van der Waals surface area contributed by atoms with Crippen molar-refractivity contribution in [2.75, 3.05) is 13.2 Å². The van der Waals surface area contributed by atoms with E-state index >= 15 is 0 Å². The predicted molar refractivity (Wildman–Crippen MR) is 91.0 cm³/mol. The zero-order valence-corrected chi connectivity index (χ0v) is 15.0. The molecule has 0 aromatic heterocycles. The minimum absolute atomic E-state index is 0.142. The molecule has 1 saturated carbocycles. The molecule has 0 aromatic rings. The van der Waals surface area contributed by atoms with E-state index in [0.717, 1.165) is 44.9 Å². The van der Waals surface area contributed by atoms with Crippen LogP contribution in [-0.4, -0.2) is 25.2 Å². The molecule has 0 unspecified atom stereocenters. The van der Waals surface area contributed by atoms with Crippen LogP contribution in [0.15, 0.2) is 11.1 Å². The standard InChI is InChI=1S/C19H32O4/c1-4-10-16(18(20)22-13-5-2)17(19(21)23-14-6-3)15-11-8-7-9-12-15/h15H,4-14H2,1-3H3/b17-16-. The van der Waals surface area contributed by atoms with Crippen molar-refractivity contribution in [1.29, 1.82) is 0 Å². The number of carbonyl (C=O) groups excluding carboxylic acids is 2.